The summed E-state index contributed by atoms with van der Waals surface area (Å²) in [5.41, 5.74) is 3.81. The van der Waals surface area contributed by atoms with E-state index in [1.54, 1.807) is 0 Å². The van der Waals surface area contributed by atoms with Gasteiger partial charge < -0.3 is 8.82 Å². The van der Waals surface area contributed by atoms with Crippen molar-refractivity contribution in [3.8, 4) is 11.5 Å². The molecule has 3 nitrogen and oxygen atoms in total. The number of hydrogen-bond acceptors (Lipinski definition) is 2. The van der Waals surface area contributed by atoms with Crippen molar-refractivity contribution in [2.24, 2.45) is 0 Å². The lowest BCUT2D eigenvalue weighted by atomic mass is 10.2. The monoisotopic (exact) mass is 326 g/mol. The minimum absolute atomic E-state index is 0.793. The zero-order chi connectivity index (χ0) is 13.7. The molecule has 0 aliphatic heterocycles. The van der Waals surface area contributed by atoms with Crippen LogP contribution in [0.25, 0.3) is 28.1 Å². The van der Waals surface area contributed by atoms with Crippen LogP contribution in [0.3, 0.4) is 0 Å². The van der Waals surface area contributed by atoms with Gasteiger partial charge in [0.15, 0.2) is 5.76 Å². The van der Waals surface area contributed by atoms with Crippen LogP contribution in [0.1, 0.15) is 5.69 Å². The van der Waals surface area contributed by atoms with Crippen molar-refractivity contribution in [2.45, 2.75) is 6.92 Å². The smallest absolute Gasteiger partial charge is 0.155 e. The number of hydrogen-bond donors (Lipinski definition) is 0. The van der Waals surface area contributed by atoms with Gasteiger partial charge in [-0.1, -0.05) is 22.0 Å². The number of nitrogens with zero attached hydrogens (tertiary/aromatic N) is 2. The lowest BCUT2D eigenvalue weighted by molar-refractivity contribution is 0.629. The number of benzene rings is 1. The molecule has 0 bridgehead atoms. The van der Waals surface area contributed by atoms with Crippen molar-refractivity contribution >= 4 is 32.5 Å². The van der Waals surface area contributed by atoms with Gasteiger partial charge in [0.05, 0.1) is 0 Å². The molecule has 0 fully saturated rings. The first-order valence-electron chi connectivity index (χ1n) is 6.35. The van der Waals surface area contributed by atoms with Crippen LogP contribution >= 0.6 is 15.9 Å². The molecule has 0 saturated carbocycles. The molecule has 0 unspecified atom stereocenters. The van der Waals surface area contributed by atoms with E-state index in [1.165, 1.54) is 0 Å². The Labute approximate surface area is 124 Å². The highest BCUT2D eigenvalue weighted by molar-refractivity contribution is 9.10. The number of imidazole rings is 1. The standard InChI is InChI=1S/C16H11BrN2O/c1-10-3-2-4-16-18-13(9-19(10)16)15-8-11-7-12(17)5-6-14(11)20-15/h2-9H,1H3. The fraction of sp³-hybridized carbons (Fsp3) is 0.0625. The van der Waals surface area contributed by atoms with Gasteiger partial charge in [0.2, 0.25) is 0 Å². The normalized spacial score (nSPS) is 11.5. The minimum Gasteiger partial charge on any atom is -0.454 e. The van der Waals surface area contributed by atoms with Crippen LogP contribution < -0.4 is 0 Å². The molecule has 0 radical (unpaired) electrons. The van der Waals surface area contributed by atoms with E-state index in [2.05, 4.69) is 38.3 Å². The second kappa shape index (κ2) is 4.21. The highest BCUT2D eigenvalue weighted by Gasteiger charge is 2.11. The Balaban J connectivity index is 1.94. The van der Waals surface area contributed by atoms with Crippen LogP contribution in [-0.4, -0.2) is 9.38 Å². The molecule has 0 aliphatic carbocycles. The number of rotatable bonds is 1. The number of aromatic nitrogens is 2. The topological polar surface area (TPSA) is 30.4 Å². The van der Waals surface area contributed by atoms with Crippen LogP contribution in [0.5, 0.6) is 0 Å². The molecule has 0 amide bonds. The van der Waals surface area contributed by atoms with Gasteiger partial charge in [-0.05, 0) is 43.3 Å². The van der Waals surface area contributed by atoms with Crippen molar-refractivity contribution in [1.82, 2.24) is 9.38 Å². The molecule has 20 heavy (non-hydrogen) atoms. The third-order valence-corrected chi connectivity index (χ3v) is 3.92. The Morgan fingerprint density at radius 1 is 1.15 bits per heavy atom. The molecular weight excluding hydrogens is 316 g/mol. The summed E-state index contributed by atoms with van der Waals surface area (Å²) in [6.45, 7) is 2.06. The largest absolute Gasteiger partial charge is 0.454 e. The molecule has 3 aromatic heterocycles. The van der Waals surface area contributed by atoms with E-state index in [9.17, 15) is 0 Å². The lowest BCUT2D eigenvalue weighted by Gasteiger charge is -1.95. The summed E-state index contributed by atoms with van der Waals surface area (Å²) in [5, 5.41) is 1.07. The minimum atomic E-state index is 0.793. The molecule has 4 heteroatoms. The van der Waals surface area contributed by atoms with Gasteiger partial charge in [-0.3, -0.25) is 0 Å². The van der Waals surface area contributed by atoms with Crippen LogP contribution in [0.4, 0.5) is 0 Å². The maximum atomic E-state index is 5.88. The van der Waals surface area contributed by atoms with Crippen molar-refractivity contribution in [2.75, 3.05) is 0 Å². The van der Waals surface area contributed by atoms with E-state index in [1.807, 2.05) is 42.6 Å². The summed E-state index contributed by atoms with van der Waals surface area (Å²) in [4.78, 5) is 4.62. The Morgan fingerprint density at radius 3 is 2.90 bits per heavy atom. The van der Waals surface area contributed by atoms with E-state index in [0.717, 1.165) is 38.2 Å². The number of halogens is 1. The van der Waals surface area contributed by atoms with E-state index in [-0.39, 0.29) is 0 Å². The van der Waals surface area contributed by atoms with E-state index in [0.29, 0.717) is 0 Å². The zero-order valence-electron chi connectivity index (χ0n) is 10.8. The van der Waals surface area contributed by atoms with Gasteiger partial charge >= 0.3 is 0 Å². The molecule has 1 aromatic carbocycles. The number of pyridine rings is 1. The molecule has 98 valence electrons. The fourth-order valence-electron chi connectivity index (χ4n) is 2.41. The summed E-state index contributed by atoms with van der Waals surface area (Å²) in [6.07, 6.45) is 2.01. The number of fused-ring (bicyclic) bond motifs is 2. The maximum Gasteiger partial charge on any atom is 0.155 e. The molecule has 0 N–H and O–H groups in total. The number of furan rings is 1. The highest BCUT2D eigenvalue weighted by atomic mass is 79.9. The molecular formula is C16H11BrN2O. The van der Waals surface area contributed by atoms with Crippen molar-refractivity contribution in [3.63, 3.8) is 0 Å². The van der Waals surface area contributed by atoms with Gasteiger partial charge in [-0.25, -0.2) is 4.98 Å². The average molecular weight is 327 g/mol. The third kappa shape index (κ3) is 1.76. The summed E-state index contributed by atoms with van der Waals surface area (Å²) in [6, 6.07) is 14.1. The van der Waals surface area contributed by atoms with Crippen molar-refractivity contribution in [3.05, 3.63) is 58.8 Å². The van der Waals surface area contributed by atoms with Crippen LogP contribution in [0.2, 0.25) is 0 Å². The maximum absolute atomic E-state index is 5.88. The van der Waals surface area contributed by atoms with Gasteiger partial charge in [0.25, 0.3) is 0 Å². The molecule has 0 aliphatic rings. The SMILES string of the molecule is Cc1cccc2nc(-c3cc4cc(Br)ccc4o3)cn12. The lowest BCUT2D eigenvalue weighted by Crippen LogP contribution is -1.86. The number of aryl methyl sites for hydroxylation is 1. The third-order valence-electron chi connectivity index (χ3n) is 3.43. The van der Waals surface area contributed by atoms with E-state index in [4.69, 9.17) is 4.42 Å². The Morgan fingerprint density at radius 2 is 2.05 bits per heavy atom. The summed E-state index contributed by atoms with van der Waals surface area (Å²) < 4.78 is 8.99. The zero-order valence-corrected chi connectivity index (χ0v) is 12.4. The summed E-state index contributed by atoms with van der Waals surface area (Å²) >= 11 is 3.47. The first kappa shape index (κ1) is 11.7. The van der Waals surface area contributed by atoms with Crippen molar-refractivity contribution < 1.29 is 4.42 Å². The Hall–Kier alpha value is -2.07. The summed E-state index contributed by atoms with van der Waals surface area (Å²) in [7, 11) is 0. The fourth-order valence-corrected chi connectivity index (χ4v) is 2.79. The highest BCUT2D eigenvalue weighted by Crippen LogP contribution is 2.29. The van der Waals surface area contributed by atoms with Crippen LogP contribution in [0.15, 0.2) is 57.6 Å². The van der Waals surface area contributed by atoms with Crippen molar-refractivity contribution in [1.29, 1.82) is 0 Å². The second-order valence-electron chi connectivity index (χ2n) is 4.81. The Bertz CT molecular complexity index is 936. The van der Waals surface area contributed by atoms with Gasteiger partial charge in [0.1, 0.15) is 16.9 Å². The predicted octanol–water partition coefficient (Wildman–Crippen LogP) is 4.82. The Kier molecular flexibility index (Phi) is 2.47. The van der Waals surface area contributed by atoms with Crippen LogP contribution in [0, 0.1) is 6.92 Å². The van der Waals surface area contributed by atoms with Gasteiger partial charge in [0, 0.05) is 21.7 Å². The first-order valence-corrected chi connectivity index (χ1v) is 7.14. The average Bonchev–Trinajstić information content (AvgIpc) is 3.01. The molecule has 0 saturated heterocycles. The van der Waals surface area contributed by atoms with E-state index >= 15 is 0 Å². The van der Waals surface area contributed by atoms with E-state index < -0.39 is 0 Å². The first-order chi connectivity index (χ1) is 9.70. The van der Waals surface area contributed by atoms with Gasteiger partial charge in [-0.2, -0.15) is 0 Å². The summed E-state index contributed by atoms with van der Waals surface area (Å²) in [5.74, 6) is 0.793. The van der Waals surface area contributed by atoms with Crippen LogP contribution in [-0.2, 0) is 0 Å². The van der Waals surface area contributed by atoms with Gasteiger partial charge in [-0.15, -0.1) is 0 Å². The molecule has 0 spiro atoms. The quantitative estimate of drug-likeness (QED) is 0.502. The molecule has 0 atom stereocenters. The molecule has 4 aromatic rings. The predicted molar refractivity (Wildman–Crippen MR) is 82.8 cm³/mol. The molecule has 3 heterocycles. The molecule has 4 rings (SSSR count). The second-order valence-corrected chi connectivity index (χ2v) is 5.73.